The van der Waals surface area contributed by atoms with Crippen LogP contribution in [0.15, 0.2) is 23.1 Å². The summed E-state index contributed by atoms with van der Waals surface area (Å²) < 4.78 is 36.0. The van der Waals surface area contributed by atoms with E-state index in [-0.39, 0.29) is 16.7 Å². The number of nitrogens with two attached hydrogens (primary N) is 1. The molecule has 0 atom stereocenters. The average Bonchev–Trinajstić information content (AvgIpc) is 2.01. The van der Waals surface area contributed by atoms with Crippen molar-refractivity contribution in [2.75, 3.05) is 0 Å². The van der Waals surface area contributed by atoms with E-state index >= 15 is 0 Å². The summed E-state index contributed by atoms with van der Waals surface area (Å²) in [7, 11) is 0. The van der Waals surface area contributed by atoms with Crippen molar-refractivity contribution in [3.8, 4) is 0 Å². The quantitative estimate of drug-likeness (QED) is 0.777. The van der Waals surface area contributed by atoms with Crippen molar-refractivity contribution in [2.45, 2.75) is 23.9 Å². The molecule has 5 heteroatoms. The van der Waals surface area contributed by atoms with Crippen molar-refractivity contribution < 1.29 is 13.2 Å². The van der Waals surface area contributed by atoms with E-state index in [2.05, 4.69) is 0 Å². The minimum Gasteiger partial charge on any atom is -0.326 e. The van der Waals surface area contributed by atoms with Crippen LogP contribution < -0.4 is 5.73 Å². The van der Waals surface area contributed by atoms with Crippen molar-refractivity contribution in [1.82, 2.24) is 0 Å². The van der Waals surface area contributed by atoms with E-state index in [4.69, 9.17) is 5.73 Å². The molecule has 1 aromatic rings. The molecule has 0 unspecified atom stereocenters. The van der Waals surface area contributed by atoms with Crippen LogP contribution in [0, 0.1) is 6.92 Å². The highest BCUT2D eigenvalue weighted by atomic mass is 32.2. The SMILES string of the molecule is Cc1cc(SC(F)(F)F)ccc1CN. The summed E-state index contributed by atoms with van der Waals surface area (Å²) in [5.41, 5.74) is 2.84. The largest absolute Gasteiger partial charge is 0.446 e. The number of hydrogen-bond acceptors (Lipinski definition) is 2. The van der Waals surface area contributed by atoms with Gasteiger partial charge in [0.15, 0.2) is 0 Å². The molecule has 0 heterocycles. The highest BCUT2D eigenvalue weighted by Gasteiger charge is 2.29. The summed E-state index contributed by atoms with van der Waals surface area (Å²) in [6, 6.07) is 4.57. The third-order valence-electron chi connectivity index (χ3n) is 1.77. The monoisotopic (exact) mass is 221 g/mol. The van der Waals surface area contributed by atoms with Crippen LogP contribution in [0.2, 0.25) is 0 Å². The summed E-state index contributed by atoms with van der Waals surface area (Å²) in [4.78, 5) is 0.201. The molecule has 0 fully saturated rings. The Labute approximate surface area is 84.5 Å². The Balaban J connectivity index is 2.87. The van der Waals surface area contributed by atoms with E-state index in [0.717, 1.165) is 11.1 Å². The molecule has 1 rings (SSSR count). The third kappa shape index (κ3) is 3.23. The molecule has 0 aliphatic heterocycles. The Morgan fingerprint density at radius 3 is 2.43 bits per heavy atom. The second kappa shape index (κ2) is 4.23. The minimum absolute atomic E-state index is 0.107. The van der Waals surface area contributed by atoms with Crippen LogP contribution in [0.1, 0.15) is 11.1 Å². The fraction of sp³-hybridized carbons (Fsp3) is 0.333. The first-order valence-electron chi connectivity index (χ1n) is 3.98. The van der Waals surface area contributed by atoms with Crippen molar-refractivity contribution in [3.63, 3.8) is 0 Å². The Kier molecular flexibility index (Phi) is 3.44. The predicted octanol–water partition coefficient (Wildman–Crippen LogP) is 3.07. The first-order chi connectivity index (χ1) is 6.42. The Morgan fingerprint density at radius 2 is 2.00 bits per heavy atom. The van der Waals surface area contributed by atoms with Crippen molar-refractivity contribution in [2.24, 2.45) is 5.73 Å². The fourth-order valence-corrected chi connectivity index (χ4v) is 1.73. The molecular formula is C9H10F3NS. The third-order valence-corrected chi connectivity index (χ3v) is 2.49. The van der Waals surface area contributed by atoms with Crippen LogP contribution in [-0.4, -0.2) is 5.51 Å². The number of thioether (sulfide) groups is 1. The topological polar surface area (TPSA) is 26.0 Å². The second-order valence-electron chi connectivity index (χ2n) is 2.84. The molecule has 1 nitrogen and oxygen atoms in total. The molecule has 78 valence electrons. The van der Waals surface area contributed by atoms with Crippen LogP contribution in [0.4, 0.5) is 13.2 Å². The van der Waals surface area contributed by atoms with Crippen LogP contribution in [0.25, 0.3) is 0 Å². The highest BCUT2D eigenvalue weighted by molar-refractivity contribution is 8.00. The van der Waals surface area contributed by atoms with Crippen LogP contribution in [0.3, 0.4) is 0 Å². The van der Waals surface area contributed by atoms with Gasteiger partial charge in [-0.05, 0) is 41.9 Å². The van der Waals surface area contributed by atoms with Gasteiger partial charge in [-0.15, -0.1) is 0 Å². The van der Waals surface area contributed by atoms with Crippen molar-refractivity contribution >= 4 is 11.8 Å². The Bertz CT molecular complexity index is 322. The summed E-state index contributed by atoms with van der Waals surface area (Å²) in [5, 5.41) is 0. The van der Waals surface area contributed by atoms with E-state index in [9.17, 15) is 13.2 Å². The molecule has 14 heavy (non-hydrogen) atoms. The van der Waals surface area contributed by atoms with Crippen LogP contribution in [-0.2, 0) is 6.54 Å². The lowest BCUT2D eigenvalue weighted by molar-refractivity contribution is -0.0328. The number of rotatable bonds is 2. The van der Waals surface area contributed by atoms with Gasteiger partial charge in [-0.3, -0.25) is 0 Å². The van der Waals surface area contributed by atoms with Gasteiger partial charge in [-0.1, -0.05) is 6.07 Å². The number of aryl methyl sites for hydroxylation is 1. The maximum Gasteiger partial charge on any atom is 0.446 e. The van der Waals surface area contributed by atoms with Gasteiger partial charge < -0.3 is 5.73 Å². The van der Waals surface area contributed by atoms with Crippen LogP contribution >= 0.6 is 11.8 Å². The standard InChI is InChI=1S/C9H10F3NS/c1-6-4-8(14-9(10,11)12)3-2-7(6)5-13/h2-4H,5,13H2,1H3. The van der Waals surface area contributed by atoms with Gasteiger partial charge in [0.05, 0.1) is 0 Å². The van der Waals surface area contributed by atoms with Crippen LogP contribution in [0.5, 0.6) is 0 Å². The summed E-state index contributed by atoms with van der Waals surface area (Å²) >= 11 is -0.107. The lowest BCUT2D eigenvalue weighted by atomic mass is 10.1. The second-order valence-corrected chi connectivity index (χ2v) is 3.98. The van der Waals surface area contributed by atoms with E-state index < -0.39 is 5.51 Å². The maximum atomic E-state index is 12.0. The number of benzene rings is 1. The van der Waals surface area contributed by atoms with Gasteiger partial charge in [0.1, 0.15) is 0 Å². The number of halogens is 3. The predicted molar refractivity (Wildman–Crippen MR) is 51.0 cm³/mol. The molecule has 0 aliphatic rings. The van der Waals surface area contributed by atoms with E-state index in [1.807, 2.05) is 0 Å². The maximum absolute atomic E-state index is 12.0. The zero-order chi connectivity index (χ0) is 10.8. The average molecular weight is 221 g/mol. The molecule has 0 spiro atoms. The lowest BCUT2D eigenvalue weighted by Gasteiger charge is -2.08. The molecule has 2 N–H and O–H groups in total. The normalized spacial score (nSPS) is 11.8. The molecule has 1 aromatic carbocycles. The van der Waals surface area contributed by atoms with E-state index in [0.29, 0.717) is 6.54 Å². The van der Waals surface area contributed by atoms with Gasteiger partial charge in [0, 0.05) is 11.4 Å². The Hall–Kier alpha value is -0.680. The highest BCUT2D eigenvalue weighted by Crippen LogP contribution is 2.37. The van der Waals surface area contributed by atoms with Gasteiger partial charge >= 0.3 is 5.51 Å². The number of hydrogen-bond donors (Lipinski definition) is 1. The molecular weight excluding hydrogens is 211 g/mol. The van der Waals surface area contributed by atoms with Gasteiger partial charge in [0.2, 0.25) is 0 Å². The zero-order valence-electron chi connectivity index (χ0n) is 7.56. The Morgan fingerprint density at radius 1 is 1.36 bits per heavy atom. The number of alkyl halides is 3. The molecule has 0 saturated carbocycles. The van der Waals surface area contributed by atoms with E-state index in [1.54, 1.807) is 13.0 Å². The van der Waals surface area contributed by atoms with Gasteiger partial charge in [-0.25, -0.2) is 0 Å². The summed E-state index contributed by atoms with van der Waals surface area (Å²) in [6.07, 6.45) is 0. The molecule has 0 bridgehead atoms. The summed E-state index contributed by atoms with van der Waals surface area (Å²) in [5.74, 6) is 0. The summed E-state index contributed by atoms with van der Waals surface area (Å²) in [6.45, 7) is 2.10. The molecule has 0 amide bonds. The zero-order valence-corrected chi connectivity index (χ0v) is 8.38. The smallest absolute Gasteiger partial charge is 0.326 e. The molecule has 0 radical (unpaired) electrons. The van der Waals surface area contributed by atoms with Gasteiger partial charge in [-0.2, -0.15) is 13.2 Å². The molecule has 0 saturated heterocycles. The lowest BCUT2D eigenvalue weighted by Crippen LogP contribution is -2.01. The first-order valence-corrected chi connectivity index (χ1v) is 4.79. The minimum atomic E-state index is -4.23. The molecule has 0 aromatic heterocycles. The van der Waals surface area contributed by atoms with Gasteiger partial charge in [0.25, 0.3) is 0 Å². The van der Waals surface area contributed by atoms with Crippen molar-refractivity contribution in [3.05, 3.63) is 29.3 Å². The molecule has 0 aliphatic carbocycles. The van der Waals surface area contributed by atoms with E-state index in [1.165, 1.54) is 12.1 Å². The fourth-order valence-electron chi connectivity index (χ4n) is 1.09. The van der Waals surface area contributed by atoms with Crippen molar-refractivity contribution in [1.29, 1.82) is 0 Å². The first kappa shape index (κ1) is 11.4.